The molecule has 1 saturated carbocycles. The quantitative estimate of drug-likeness (QED) is 0.750. The van der Waals surface area contributed by atoms with Crippen molar-refractivity contribution in [1.29, 1.82) is 0 Å². The van der Waals surface area contributed by atoms with E-state index in [1.807, 2.05) is 6.92 Å². The van der Waals surface area contributed by atoms with Gasteiger partial charge in [0.1, 0.15) is 6.04 Å². The van der Waals surface area contributed by atoms with E-state index in [-0.39, 0.29) is 12.0 Å². The topological polar surface area (TPSA) is 38.3 Å². The maximum absolute atomic E-state index is 11.5. The van der Waals surface area contributed by atoms with E-state index < -0.39 is 0 Å². The van der Waals surface area contributed by atoms with Crippen LogP contribution in [0.25, 0.3) is 0 Å². The lowest BCUT2D eigenvalue weighted by Crippen LogP contribution is -2.43. The molecule has 0 saturated heterocycles. The minimum absolute atomic E-state index is 0.116. The van der Waals surface area contributed by atoms with E-state index in [2.05, 4.69) is 5.32 Å². The molecule has 1 unspecified atom stereocenters. The number of methoxy groups -OCH3 is 1. The minimum atomic E-state index is -0.121. The second kappa shape index (κ2) is 7.66. The summed E-state index contributed by atoms with van der Waals surface area (Å²) in [6.07, 6.45) is 9.84. The lowest BCUT2D eigenvalue weighted by Gasteiger charge is -2.25. The summed E-state index contributed by atoms with van der Waals surface area (Å²) in [6, 6.07) is 0.388. The lowest BCUT2D eigenvalue weighted by atomic mass is 9.96. The van der Waals surface area contributed by atoms with Crippen LogP contribution in [0.4, 0.5) is 0 Å². The summed E-state index contributed by atoms with van der Waals surface area (Å²) in [5.74, 6) is -0.121. The second-order valence-corrected chi connectivity index (χ2v) is 4.69. The van der Waals surface area contributed by atoms with Crippen molar-refractivity contribution < 1.29 is 9.53 Å². The molecule has 0 amide bonds. The fourth-order valence-electron chi connectivity index (χ4n) is 2.40. The fraction of sp³-hybridized carbons (Fsp3) is 0.923. The summed E-state index contributed by atoms with van der Waals surface area (Å²) in [7, 11) is 1.46. The Labute approximate surface area is 98.9 Å². The van der Waals surface area contributed by atoms with Crippen LogP contribution >= 0.6 is 0 Å². The first-order valence-corrected chi connectivity index (χ1v) is 6.61. The molecule has 3 heteroatoms. The molecule has 0 aromatic heterocycles. The van der Waals surface area contributed by atoms with E-state index in [1.54, 1.807) is 0 Å². The van der Waals surface area contributed by atoms with E-state index in [1.165, 1.54) is 52.1 Å². The number of hydrogen-bond acceptors (Lipinski definition) is 3. The molecule has 0 aromatic carbocycles. The van der Waals surface area contributed by atoms with Gasteiger partial charge in [-0.25, -0.2) is 0 Å². The first kappa shape index (κ1) is 13.5. The molecule has 0 radical (unpaired) electrons. The van der Waals surface area contributed by atoms with Crippen molar-refractivity contribution in [2.75, 3.05) is 7.11 Å². The van der Waals surface area contributed by atoms with E-state index in [9.17, 15) is 4.79 Å². The predicted octanol–water partition coefficient (Wildman–Crippen LogP) is 2.64. The molecule has 0 spiro atoms. The average molecular weight is 227 g/mol. The molecule has 0 aromatic rings. The number of rotatable bonds is 4. The Balaban J connectivity index is 2.39. The van der Waals surface area contributed by atoms with E-state index in [0.29, 0.717) is 6.04 Å². The van der Waals surface area contributed by atoms with Gasteiger partial charge in [0.25, 0.3) is 0 Å². The van der Waals surface area contributed by atoms with Gasteiger partial charge in [-0.05, 0) is 19.3 Å². The first-order valence-electron chi connectivity index (χ1n) is 6.61. The van der Waals surface area contributed by atoms with Crippen LogP contribution in [-0.4, -0.2) is 25.2 Å². The van der Waals surface area contributed by atoms with Gasteiger partial charge in [0, 0.05) is 6.04 Å². The van der Waals surface area contributed by atoms with Crippen LogP contribution in [-0.2, 0) is 9.53 Å². The Bertz CT molecular complexity index is 198. The van der Waals surface area contributed by atoms with Gasteiger partial charge in [0.2, 0.25) is 0 Å². The molecule has 0 bridgehead atoms. The Morgan fingerprint density at radius 1 is 1.25 bits per heavy atom. The number of ether oxygens (including phenoxy) is 1. The van der Waals surface area contributed by atoms with E-state index >= 15 is 0 Å². The van der Waals surface area contributed by atoms with Crippen molar-refractivity contribution >= 4 is 5.97 Å². The van der Waals surface area contributed by atoms with Gasteiger partial charge in [-0.3, -0.25) is 4.79 Å². The third kappa shape index (κ3) is 4.52. The van der Waals surface area contributed by atoms with Crippen LogP contribution < -0.4 is 5.32 Å². The Morgan fingerprint density at radius 3 is 2.31 bits per heavy atom. The van der Waals surface area contributed by atoms with Crippen LogP contribution in [0, 0.1) is 0 Å². The van der Waals surface area contributed by atoms with Crippen LogP contribution in [0.1, 0.15) is 58.3 Å². The van der Waals surface area contributed by atoms with Crippen molar-refractivity contribution in [3.63, 3.8) is 0 Å². The monoisotopic (exact) mass is 227 g/mol. The number of carbonyl (C=O) groups excluding carboxylic acids is 1. The molecule has 1 atom stereocenters. The molecule has 1 fully saturated rings. The van der Waals surface area contributed by atoms with E-state index in [4.69, 9.17) is 4.74 Å². The number of hydrogen-bond donors (Lipinski definition) is 1. The third-order valence-corrected chi connectivity index (χ3v) is 3.44. The zero-order chi connectivity index (χ0) is 11.8. The molecule has 1 rings (SSSR count). The zero-order valence-corrected chi connectivity index (χ0v) is 10.6. The average Bonchev–Trinajstić information content (AvgIpc) is 2.27. The maximum Gasteiger partial charge on any atom is 0.322 e. The van der Waals surface area contributed by atoms with Gasteiger partial charge in [-0.2, -0.15) is 0 Å². The Kier molecular flexibility index (Phi) is 6.46. The van der Waals surface area contributed by atoms with Gasteiger partial charge >= 0.3 is 5.97 Å². The van der Waals surface area contributed by atoms with Crippen molar-refractivity contribution in [2.24, 2.45) is 0 Å². The second-order valence-electron chi connectivity index (χ2n) is 4.69. The number of nitrogens with one attached hydrogen (secondary N) is 1. The highest BCUT2D eigenvalue weighted by atomic mass is 16.5. The first-order chi connectivity index (χ1) is 7.77. The van der Waals surface area contributed by atoms with Gasteiger partial charge < -0.3 is 10.1 Å². The molecule has 94 valence electrons. The van der Waals surface area contributed by atoms with Crippen LogP contribution in [0.15, 0.2) is 0 Å². The van der Waals surface area contributed by atoms with Crippen molar-refractivity contribution in [2.45, 2.75) is 70.4 Å². The Morgan fingerprint density at radius 2 is 1.81 bits per heavy atom. The molecule has 1 aliphatic carbocycles. The molecule has 3 nitrogen and oxygen atoms in total. The predicted molar refractivity (Wildman–Crippen MR) is 65.3 cm³/mol. The minimum Gasteiger partial charge on any atom is -0.468 e. The summed E-state index contributed by atoms with van der Waals surface area (Å²) in [6.45, 7) is 2.03. The van der Waals surface area contributed by atoms with Gasteiger partial charge in [0.15, 0.2) is 0 Å². The van der Waals surface area contributed by atoms with Crippen molar-refractivity contribution in [3.8, 4) is 0 Å². The summed E-state index contributed by atoms with van der Waals surface area (Å²) in [4.78, 5) is 11.5. The smallest absolute Gasteiger partial charge is 0.322 e. The van der Waals surface area contributed by atoms with Gasteiger partial charge in [-0.15, -0.1) is 0 Å². The number of esters is 1. The maximum atomic E-state index is 11.5. The molecule has 0 heterocycles. The lowest BCUT2D eigenvalue weighted by molar-refractivity contribution is -0.143. The highest BCUT2D eigenvalue weighted by Crippen LogP contribution is 2.17. The van der Waals surface area contributed by atoms with Crippen LogP contribution in [0.2, 0.25) is 0 Å². The highest BCUT2D eigenvalue weighted by molar-refractivity contribution is 5.75. The normalized spacial score (nSPS) is 20.9. The summed E-state index contributed by atoms with van der Waals surface area (Å²) < 4.78 is 4.80. The van der Waals surface area contributed by atoms with E-state index in [0.717, 1.165) is 6.42 Å². The Hall–Kier alpha value is -0.570. The van der Waals surface area contributed by atoms with Crippen LogP contribution in [0.5, 0.6) is 0 Å². The van der Waals surface area contributed by atoms with Gasteiger partial charge in [-0.1, -0.05) is 39.0 Å². The SMILES string of the molecule is CCC(NC1CCCCCCC1)C(=O)OC. The van der Waals surface area contributed by atoms with Crippen LogP contribution in [0.3, 0.4) is 0 Å². The zero-order valence-electron chi connectivity index (χ0n) is 10.6. The summed E-state index contributed by atoms with van der Waals surface area (Å²) >= 11 is 0. The molecule has 0 aliphatic heterocycles. The van der Waals surface area contributed by atoms with Gasteiger partial charge in [0.05, 0.1) is 7.11 Å². The number of carbonyl (C=O) groups is 1. The molecular weight excluding hydrogens is 202 g/mol. The fourth-order valence-corrected chi connectivity index (χ4v) is 2.40. The highest BCUT2D eigenvalue weighted by Gasteiger charge is 2.21. The van der Waals surface area contributed by atoms with Crippen molar-refractivity contribution in [3.05, 3.63) is 0 Å². The molecular formula is C13H25NO2. The molecule has 16 heavy (non-hydrogen) atoms. The van der Waals surface area contributed by atoms with Crippen molar-refractivity contribution in [1.82, 2.24) is 5.32 Å². The summed E-state index contributed by atoms with van der Waals surface area (Å²) in [5, 5.41) is 3.45. The third-order valence-electron chi connectivity index (χ3n) is 3.44. The largest absolute Gasteiger partial charge is 0.468 e. The molecule has 1 N–H and O–H groups in total. The molecule has 1 aliphatic rings. The standard InChI is InChI=1S/C13H25NO2/c1-3-12(13(15)16-2)14-11-9-7-5-4-6-8-10-11/h11-12,14H,3-10H2,1-2H3. The summed E-state index contributed by atoms with van der Waals surface area (Å²) in [5.41, 5.74) is 0.